The van der Waals surface area contributed by atoms with Gasteiger partial charge in [0.2, 0.25) is 5.90 Å². The summed E-state index contributed by atoms with van der Waals surface area (Å²) in [6.45, 7) is 2.10. The maximum Gasteiger partial charge on any atom is 0.213 e. The first-order valence-electron chi connectivity index (χ1n) is 7.41. The van der Waals surface area contributed by atoms with Gasteiger partial charge in [0.15, 0.2) is 0 Å². The number of rotatable bonds is 4. The summed E-state index contributed by atoms with van der Waals surface area (Å²) in [4.78, 5) is 0. The molecule has 4 nitrogen and oxygen atoms in total. The number of aromatic nitrogens is 2. The molecule has 0 aliphatic rings. The Hall–Kier alpha value is -3.02. The van der Waals surface area contributed by atoms with E-state index in [1.807, 2.05) is 0 Å². The van der Waals surface area contributed by atoms with E-state index in [2.05, 4.69) is 10.2 Å². The highest BCUT2D eigenvalue weighted by molar-refractivity contribution is 5.98. The average Bonchev–Trinajstić information content (AvgIpc) is 2.98. The average molecular weight is 327 g/mol. The van der Waals surface area contributed by atoms with Gasteiger partial charge >= 0.3 is 0 Å². The van der Waals surface area contributed by atoms with Gasteiger partial charge in [-0.2, -0.15) is 5.10 Å². The fourth-order valence-electron chi connectivity index (χ4n) is 2.33. The fourth-order valence-corrected chi connectivity index (χ4v) is 2.33. The van der Waals surface area contributed by atoms with E-state index in [0.717, 1.165) is 5.56 Å². The molecule has 2 aromatic carbocycles. The number of ether oxygens (including phenoxy) is 1. The smallest absolute Gasteiger partial charge is 0.213 e. The zero-order chi connectivity index (χ0) is 17.1. The van der Waals surface area contributed by atoms with E-state index in [9.17, 15) is 8.78 Å². The van der Waals surface area contributed by atoms with Crippen LogP contribution in [0.5, 0.6) is 0 Å². The third kappa shape index (κ3) is 3.17. The standard InChI is InChI=1S/C18H15F2N3O/c1-2-24-18(21)12-9-14-16(22-23-17(14)15(20)10-12)8-5-11-3-6-13(19)7-4-11/h3-10,21H,2H2,1H3,(H,22,23)/b8-5+,21-18?. The van der Waals surface area contributed by atoms with Crippen molar-refractivity contribution in [2.75, 3.05) is 6.61 Å². The van der Waals surface area contributed by atoms with Crippen molar-refractivity contribution >= 4 is 29.0 Å². The molecule has 122 valence electrons. The van der Waals surface area contributed by atoms with Gasteiger partial charge in [-0.05, 0) is 42.8 Å². The van der Waals surface area contributed by atoms with Gasteiger partial charge in [-0.3, -0.25) is 10.5 Å². The molecule has 1 aromatic heterocycles. The number of hydrogen-bond acceptors (Lipinski definition) is 3. The largest absolute Gasteiger partial charge is 0.478 e. The molecule has 0 saturated heterocycles. The molecule has 2 N–H and O–H groups in total. The SMILES string of the molecule is CCOC(=N)c1cc(F)c2[nH]nc(/C=C/c3ccc(F)cc3)c2c1. The zero-order valence-electron chi connectivity index (χ0n) is 12.9. The molecule has 0 fully saturated rings. The Bertz CT molecular complexity index is 914. The highest BCUT2D eigenvalue weighted by Crippen LogP contribution is 2.23. The predicted molar refractivity (Wildman–Crippen MR) is 89.8 cm³/mol. The molecular weight excluding hydrogens is 312 g/mol. The van der Waals surface area contributed by atoms with E-state index in [0.29, 0.717) is 23.3 Å². The summed E-state index contributed by atoms with van der Waals surface area (Å²) < 4.78 is 32.2. The van der Waals surface area contributed by atoms with Gasteiger partial charge in [0.05, 0.1) is 12.3 Å². The molecule has 24 heavy (non-hydrogen) atoms. The third-order valence-electron chi connectivity index (χ3n) is 3.51. The Morgan fingerprint density at radius 1 is 1.21 bits per heavy atom. The van der Waals surface area contributed by atoms with E-state index < -0.39 is 5.82 Å². The van der Waals surface area contributed by atoms with Gasteiger partial charge in [0.25, 0.3) is 0 Å². The van der Waals surface area contributed by atoms with Crippen LogP contribution < -0.4 is 0 Å². The molecule has 0 aliphatic heterocycles. The maximum absolute atomic E-state index is 14.2. The van der Waals surface area contributed by atoms with Crippen molar-refractivity contribution < 1.29 is 13.5 Å². The monoisotopic (exact) mass is 327 g/mol. The lowest BCUT2D eigenvalue weighted by molar-refractivity contribution is 0.325. The first kappa shape index (κ1) is 15.9. The summed E-state index contributed by atoms with van der Waals surface area (Å²) >= 11 is 0. The van der Waals surface area contributed by atoms with E-state index in [1.54, 1.807) is 37.3 Å². The molecule has 0 radical (unpaired) electrons. The summed E-state index contributed by atoms with van der Waals surface area (Å²) in [5.41, 5.74) is 1.94. The summed E-state index contributed by atoms with van der Waals surface area (Å²) in [6.07, 6.45) is 3.47. The molecule has 3 aromatic rings. The van der Waals surface area contributed by atoms with Crippen molar-refractivity contribution in [1.29, 1.82) is 5.41 Å². The summed E-state index contributed by atoms with van der Waals surface area (Å²) in [6, 6.07) is 8.90. The Labute approximate surface area is 137 Å². The molecule has 3 rings (SSSR count). The molecule has 0 bridgehead atoms. The quantitative estimate of drug-likeness (QED) is 0.552. The molecule has 0 spiro atoms. The van der Waals surface area contributed by atoms with Gasteiger partial charge in [-0.1, -0.05) is 18.2 Å². The number of nitrogens with zero attached hydrogens (tertiary/aromatic N) is 1. The summed E-state index contributed by atoms with van der Waals surface area (Å²) in [5, 5.41) is 15.1. The van der Waals surface area contributed by atoms with Gasteiger partial charge in [-0.25, -0.2) is 8.78 Å². The van der Waals surface area contributed by atoms with Crippen molar-refractivity contribution in [3.8, 4) is 0 Å². The van der Waals surface area contributed by atoms with Crippen LogP contribution in [0.25, 0.3) is 23.1 Å². The third-order valence-corrected chi connectivity index (χ3v) is 3.51. The number of fused-ring (bicyclic) bond motifs is 1. The van der Waals surface area contributed by atoms with Crippen molar-refractivity contribution in [3.05, 3.63) is 64.9 Å². The summed E-state index contributed by atoms with van der Waals surface area (Å²) in [5.74, 6) is -0.896. The Morgan fingerprint density at radius 3 is 2.67 bits per heavy atom. The van der Waals surface area contributed by atoms with Gasteiger partial charge in [-0.15, -0.1) is 0 Å². The van der Waals surface area contributed by atoms with Crippen molar-refractivity contribution in [3.63, 3.8) is 0 Å². The lowest BCUT2D eigenvalue weighted by Gasteiger charge is -2.05. The Morgan fingerprint density at radius 2 is 1.96 bits per heavy atom. The van der Waals surface area contributed by atoms with Crippen LogP contribution in [0.15, 0.2) is 36.4 Å². The van der Waals surface area contributed by atoms with Crippen LogP contribution in [0.3, 0.4) is 0 Å². The lowest BCUT2D eigenvalue weighted by atomic mass is 10.1. The van der Waals surface area contributed by atoms with E-state index >= 15 is 0 Å². The van der Waals surface area contributed by atoms with Crippen LogP contribution in [-0.2, 0) is 4.74 Å². The molecule has 0 aliphatic carbocycles. The number of benzene rings is 2. The van der Waals surface area contributed by atoms with Crippen molar-refractivity contribution in [1.82, 2.24) is 10.2 Å². The van der Waals surface area contributed by atoms with Crippen LogP contribution in [0.1, 0.15) is 23.7 Å². The van der Waals surface area contributed by atoms with Crippen LogP contribution >= 0.6 is 0 Å². The first-order valence-corrected chi connectivity index (χ1v) is 7.41. The molecule has 0 saturated carbocycles. The van der Waals surface area contributed by atoms with Crippen molar-refractivity contribution in [2.45, 2.75) is 6.92 Å². The molecular formula is C18H15F2N3O. The second kappa shape index (κ2) is 6.62. The minimum absolute atomic E-state index is 0.0898. The second-order valence-corrected chi connectivity index (χ2v) is 5.14. The van der Waals surface area contributed by atoms with Crippen LogP contribution in [0.2, 0.25) is 0 Å². The minimum atomic E-state index is -0.499. The predicted octanol–water partition coefficient (Wildman–Crippen LogP) is 4.37. The van der Waals surface area contributed by atoms with E-state index in [4.69, 9.17) is 10.1 Å². The van der Waals surface area contributed by atoms with E-state index in [1.165, 1.54) is 18.2 Å². The van der Waals surface area contributed by atoms with Gasteiger partial charge < -0.3 is 4.74 Å². The lowest BCUT2D eigenvalue weighted by Crippen LogP contribution is -2.05. The highest BCUT2D eigenvalue weighted by atomic mass is 19.1. The second-order valence-electron chi connectivity index (χ2n) is 5.14. The van der Waals surface area contributed by atoms with Gasteiger partial charge in [0.1, 0.15) is 17.2 Å². The zero-order valence-corrected chi connectivity index (χ0v) is 12.9. The molecule has 0 atom stereocenters. The van der Waals surface area contributed by atoms with Crippen LogP contribution in [-0.4, -0.2) is 22.7 Å². The fraction of sp³-hybridized carbons (Fsp3) is 0.111. The summed E-state index contributed by atoms with van der Waals surface area (Å²) in [7, 11) is 0. The number of hydrogen-bond donors (Lipinski definition) is 2. The first-order chi connectivity index (χ1) is 11.6. The van der Waals surface area contributed by atoms with Gasteiger partial charge in [0, 0.05) is 10.9 Å². The molecule has 0 amide bonds. The maximum atomic E-state index is 14.2. The van der Waals surface area contributed by atoms with Crippen molar-refractivity contribution in [2.24, 2.45) is 0 Å². The number of nitrogens with one attached hydrogen (secondary N) is 2. The van der Waals surface area contributed by atoms with E-state index in [-0.39, 0.29) is 17.2 Å². The molecule has 6 heteroatoms. The number of H-pyrrole nitrogens is 1. The Kier molecular flexibility index (Phi) is 4.37. The topological polar surface area (TPSA) is 61.8 Å². The normalized spacial score (nSPS) is 11.3. The number of halogens is 2. The van der Waals surface area contributed by atoms with Crippen LogP contribution in [0, 0.1) is 17.0 Å². The molecule has 1 heterocycles. The van der Waals surface area contributed by atoms with Crippen LogP contribution in [0.4, 0.5) is 8.78 Å². The highest BCUT2D eigenvalue weighted by Gasteiger charge is 2.13. The number of aromatic amines is 1. The minimum Gasteiger partial charge on any atom is -0.478 e. The Balaban J connectivity index is 1.99. The molecule has 0 unspecified atom stereocenters.